The van der Waals surface area contributed by atoms with Gasteiger partial charge in [-0.25, -0.2) is 4.90 Å². The Labute approximate surface area is 126 Å². The van der Waals surface area contributed by atoms with Crippen molar-refractivity contribution in [3.05, 3.63) is 40.4 Å². The molecule has 3 aliphatic rings. The van der Waals surface area contributed by atoms with Crippen LogP contribution in [0.5, 0.6) is 0 Å². The van der Waals surface area contributed by atoms with E-state index in [1.807, 2.05) is 0 Å². The highest BCUT2D eigenvalue weighted by Crippen LogP contribution is 2.53. The standard InChI is InChI=1S/C15H11Cl2NO2/c16-9-2-1-3-10(13(9)17)18-14(19)11-7-4-5-8(6-7)12(11)15(18)20/h1-5,7-8,11-12H,6H2/t7-,8+,11+,12-. The van der Waals surface area contributed by atoms with Crippen LogP contribution >= 0.6 is 23.2 Å². The summed E-state index contributed by atoms with van der Waals surface area (Å²) >= 11 is 12.1. The molecule has 0 spiro atoms. The molecule has 1 aromatic carbocycles. The number of anilines is 1. The number of carbonyl (C=O) groups excluding carboxylic acids is 2. The molecule has 0 unspecified atom stereocenters. The van der Waals surface area contributed by atoms with Gasteiger partial charge in [-0.3, -0.25) is 9.59 Å². The molecule has 3 nitrogen and oxygen atoms in total. The Morgan fingerprint density at radius 1 is 1.00 bits per heavy atom. The fraction of sp³-hybridized carbons (Fsp3) is 0.333. The summed E-state index contributed by atoms with van der Waals surface area (Å²) in [6, 6.07) is 5.01. The van der Waals surface area contributed by atoms with Crippen molar-refractivity contribution in [3.63, 3.8) is 0 Å². The number of halogens is 2. The second-order valence-electron chi connectivity index (χ2n) is 5.58. The summed E-state index contributed by atoms with van der Waals surface area (Å²) in [7, 11) is 0. The van der Waals surface area contributed by atoms with Crippen LogP contribution in [0.2, 0.25) is 10.0 Å². The van der Waals surface area contributed by atoms with Gasteiger partial charge in [0.2, 0.25) is 11.8 Å². The molecule has 1 saturated heterocycles. The van der Waals surface area contributed by atoms with Gasteiger partial charge in [-0.1, -0.05) is 41.4 Å². The van der Waals surface area contributed by atoms with Crippen molar-refractivity contribution >= 4 is 40.7 Å². The number of imide groups is 1. The minimum absolute atomic E-state index is 0.138. The zero-order valence-electron chi connectivity index (χ0n) is 10.4. The molecule has 1 heterocycles. The minimum Gasteiger partial charge on any atom is -0.274 e. The second kappa shape index (κ2) is 4.09. The second-order valence-corrected chi connectivity index (χ2v) is 6.37. The van der Waals surface area contributed by atoms with E-state index in [1.165, 1.54) is 4.90 Å². The molecule has 4 rings (SSSR count). The first-order chi connectivity index (χ1) is 9.59. The fourth-order valence-corrected chi connectivity index (χ4v) is 4.18. The number of rotatable bonds is 1. The Bertz CT molecular complexity index is 640. The molecule has 2 amide bonds. The van der Waals surface area contributed by atoms with Crippen molar-refractivity contribution in [2.45, 2.75) is 6.42 Å². The first kappa shape index (κ1) is 12.4. The maximum absolute atomic E-state index is 12.6. The van der Waals surface area contributed by atoms with E-state index in [1.54, 1.807) is 18.2 Å². The molecule has 4 atom stereocenters. The van der Waals surface area contributed by atoms with E-state index in [0.29, 0.717) is 10.7 Å². The molecule has 2 aliphatic carbocycles. The molecular formula is C15H11Cl2NO2. The zero-order chi connectivity index (χ0) is 14.0. The number of hydrogen-bond acceptors (Lipinski definition) is 2. The number of carbonyl (C=O) groups is 2. The van der Waals surface area contributed by atoms with Crippen molar-refractivity contribution in [1.82, 2.24) is 0 Å². The molecular weight excluding hydrogens is 297 g/mol. The average molecular weight is 308 g/mol. The van der Waals surface area contributed by atoms with Crippen molar-refractivity contribution in [2.75, 3.05) is 4.90 Å². The Morgan fingerprint density at radius 3 is 2.20 bits per heavy atom. The van der Waals surface area contributed by atoms with Crippen LogP contribution in [-0.2, 0) is 9.59 Å². The van der Waals surface area contributed by atoms with Crippen LogP contribution in [0.1, 0.15) is 6.42 Å². The third-order valence-corrected chi connectivity index (χ3v) is 5.45. The quantitative estimate of drug-likeness (QED) is 0.589. The van der Waals surface area contributed by atoms with Crippen molar-refractivity contribution < 1.29 is 9.59 Å². The highest BCUT2D eigenvalue weighted by atomic mass is 35.5. The maximum atomic E-state index is 12.6. The number of allylic oxidation sites excluding steroid dienone is 2. The normalized spacial score (nSPS) is 34.2. The van der Waals surface area contributed by atoms with E-state index in [0.717, 1.165) is 6.42 Å². The topological polar surface area (TPSA) is 37.4 Å². The third kappa shape index (κ3) is 1.42. The lowest BCUT2D eigenvalue weighted by molar-refractivity contribution is -0.123. The highest BCUT2D eigenvalue weighted by Gasteiger charge is 2.59. The SMILES string of the molecule is O=C1[C@@H]2[C@H](C(=O)N1c1cccc(Cl)c1Cl)[C@H]1C=C[C@@H]2C1. The molecule has 0 N–H and O–H groups in total. The molecule has 1 saturated carbocycles. The molecule has 1 aliphatic heterocycles. The first-order valence-corrected chi connectivity index (χ1v) is 7.35. The van der Waals surface area contributed by atoms with Gasteiger partial charge in [0.1, 0.15) is 0 Å². The molecule has 1 aromatic rings. The van der Waals surface area contributed by atoms with E-state index in [9.17, 15) is 9.59 Å². The van der Waals surface area contributed by atoms with E-state index >= 15 is 0 Å². The van der Waals surface area contributed by atoms with Crippen LogP contribution in [0.4, 0.5) is 5.69 Å². The van der Waals surface area contributed by atoms with E-state index < -0.39 is 0 Å². The summed E-state index contributed by atoms with van der Waals surface area (Å²) in [5.41, 5.74) is 0.406. The number of fused-ring (bicyclic) bond motifs is 5. The highest BCUT2D eigenvalue weighted by molar-refractivity contribution is 6.44. The van der Waals surface area contributed by atoms with Gasteiger partial charge in [0, 0.05) is 0 Å². The van der Waals surface area contributed by atoms with Crippen molar-refractivity contribution in [2.24, 2.45) is 23.7 Å². The zero-order valence-corrected chi connectivity index (χ0v) is 11.9. The lowest BCUT2D eigenvalue weighted by Crippen LogP contribution is -2.33. The Hall–Kier alpha value is -1.32. The summed E-state index contributed by atoms with van der Waals surface area (Å²) in [5.74, 6) is -0.309. The largest absolute Gasteiger partial charge is 0.274 e. The summed E-state index contributed by atoms with van der Waals surface area (Å²) in [5, 5.41) is 0.610. The van der Waals surface area contributed by atoms with Crippen LogP contribution in [0.3, 0.4) is 0 Å². The predicted molar refractivity (Wildman–Crippen MR) is 76.7 cm³/mol. The van der Waals surface area contributed by atoms with Crippen LogP contribution in [0, 0.1) is 23.7 Å². The van der Waals surface area contributed by atoms with Gasteiger partial charge in [-0.05, 0) is 30.4 Å². The predicted octanol–water partition coefficient (Wildman–Crippen LogP) is 3.30. The van der Waals surface area contributed by atoms with Crippen molar-refractivity contribution in [1.29, 1.82) is 0 Å². The molecule has 2 bridgehead atoms. The maximum Gasteiger partial charge on any atom is 0.238 e. The van der Waals surface area contributed by atoms with Crippen LogP contribution in [0.25, 0.3) is 0 Å². The van der Waals surface area contributed by atoms with Crippen LogP contribution in [0.15, 0.2) is 30.4 Å². The summed E-state index contributed by atoms with van der Waals surface area (Å²) in [6.45, 7) is 0. The fourth-order valence-electron chi connectivity index (χ4n) is 3.80. The smallest absolute Gasteiger partial charge is 0.238 e. The van der Waals surface area contributed by atoms with Gasteiger partial charge in [0.05, 0.1) is 27.6 Å². The lowest BCUT2D eigenvalue weighted by atomic mass is 9.85. The Morgan fingerprint density at radius 2 is 1.60 bits per heavy atom. The van der Waals surface area contributed by atoms with Crippen molar-refractivity contribution in [3.8, 4) is 0 Å². The van der Waals surface area contributed by atoms with Gasteiger partial charge in [-0.15, -0.1) is 0 Å². The average Bonchev–Trinajstić information content (AvgIpc) is 3.09. The molecule has 0 radical (unpaired) electrons. The Balaban J connectivity index is 1.80. The van der Waals surface area contributed by atoms with Gasteiger partial charge < -0.3 is 0 Å². The van der Waals surface area contributed by atoms with Crippen LogP contribution < -0.4 is 4.90 Å². The summed E-state index contributed by atoms with van der Waals surface area (Å²) in [4.78, 5) is 26.5. The minimum atomic E-state index is -0.215. The monoisotopic (exact) mass is 307 g/mol. The molecule has 102 valence electrons. The van der Waals surface area contributed by atoms with Gasteiger partial charge in [0.25, 0.3) is 0 Å². The van der Waals surface area contributed by atoms with E-state index in [2.05, 4.69) is 12.2 Å². The Kier molecular flexibility index (Phi) is 2.54. The molecule has 5 heteroatoms. The van der Waals surface area contributed by atoms with Crippen LogP contribution in [-0.4, -0.2) is 11.8 Å². The molecule has 2 fully saturated rings. The first-order valence-electron chi connectivity index (χ1n) is 6.59. The summed E-state index contributed by atoms with van der Waals surface area (Å²) < 4.78 is 0. The third-order valence-electron chi connectivity index (χ3n) is 4.64. The van der Waals surface area contributed by atoms with Gasteiger partial charge >= 0.3 is 0 Å². The number of nitrogens with zero attached hydrogens (tertiary/aromatic N) is 1. The number of hydrogen-bond donors (Lipinski definition) is 0. The molecule has 20 heavy (non-hydrogen) atoms. The lowest BCUT2D eigenvalue weighted by Gasteiger charge is -2.18. The summed E-state index contributed by atoms with van der Waals surface area (Å²) in [6.07, 6.45) is 5.06. The molecule has 0 aromatic heterocycles. The van der Waals surface area contributed by atoms with E-state index in [-0.39, 0.29) is 40.5 Å². The number of amides is 2. The van der Waals surface area contributed by atoms with Gasteiger partial charge in [0.15, 0.2) is 0 Å². The van der Waals surface area contributed by atoms with E-state index in [4.69, 9.17) is 23.2 Å². The number of benzene rings is 1. The van der Waals surface area contributed by atoms with Gasteiger partial charge in [-0.2, -0.15) is 0 Å².